The molecule has 1 saturated heterocycles. The number of carbonyl (C=O) groups excluding carboxylic acids is 3. The number of anilines is 1. The van der Waals surface area contributed by atoms with Gasteiger partial charge in [-0.1, -0.05) is 30.3 Å². The summed E-state index contributed by atoms with van der Waals surface area (Å²) in [5.74, 6) is -0.944. The number of amides is 3. The number of imide groups is 1. The lowest BCUT2D eigenvalue weighted by atomic mass is 10.1. The zero-order chi connectivity index (χ0) is 24.9. The molecule has 35 heavy (non-hydrogen) atoms. The lowest BCUT2D eigenvalue weighted by Crippen LogP contribution is -2.36. The van der Waals surface area contributed by atoms with Crippen LogP contribution in [0.5, 0.6) is 5.75 Å². The van der Waals surface area contributed by atoms with Crippen molar-refractivity contribution < 1.29 is 23.5 Å². The van der Waals surface area contributed by atoms with Crippen molar-refractivity contribution in [1.82, 2.24) is 4.90 Å². The van der Waals surface area contributed by atoms with Crippen LogP contribution in [0.2, 0.25) is 0 Å². The minimum absolute atomic E-state index is 0.201. The van der Waals surface area contributed by atoms with Gasteiger partial charge >= 0.3 is 0 Å². The van der Waals surface area contributed by atoms with Gasteiger partial charge in [-0.2, -0.15) is 0 Å². The Morgan fingerprint density at radius 1 is 1.06 bits per heavy atom. The molecule has 0 unspecified atom stereocenters. The molecule has 4 rings (SSSR count). The second-order valence-corrected chi connectivity index (χ2v) is 10.8. The molecular weight excluding hydrogens is 697 g/mol. The van der Waals surface area contributed by atoms with E-state index in [0.717, 1.165) is 29.4 Å². The average Bonchev–Trinajstić information content (AvgIpc) is 3.08. The zero-order valence-corrected chi connectivity index (χ0v) is 23.1. The van der Waals surface area contributed by atoms with Crippen LogP contribution in [0.4, 0.5) is 14.9 Å². The maximum Gasteiger partial charge on any atom is 0.294 e. The van der Waals surface area contributed by atoms with Gasteiger partial charge in [-0.25, -0.2) is 4.39 Å². The van der Waals surface area contributed by atoms with Gasteiger partial charge < -0.3 is 10.1 Å². The number of halogens is 3. The first-order chi connectivity index (χ1) is 16.8. The summed E-state index contributed by atoms with van der Waals surface area (Å²) in [6, 6.07) is 18.8. The number of carbonyl (C=O) groups is 3. The first-order valence-electron chi connectivity index (χ1n) is 10.3. The number of rotatable bonds is 7. The van der Waals surface area contributed by atoms with Crippen molar-refractivity contribution in [2.45, 2.75) is 6.61 Å². The van der Waals surface area contributed by atoms with Crippen molar-refractivity contribution in [1.29, 1.82) is 0 Å². The van der Waals surface area contributed by atoms with Crippen molar-refractivity contribution in [3.63, 3.8) is 0 Å². The maximum atomic E-state index is 13.1. The summed E-state index contributed by atoms with van der Waals surface area (Å²) in [4.78, 5) is 38.9. The number of benzene rings is 3. The molecule has 1 heterocycles. The molecule has 1 aliphatic heterocycles. The highest BCUT2D eigenvalue weighted by Gasteiger charge is 2.36. The van der Waals surface area contributed by atoms with Gasteiger partial charge in [0.15, 0.2) is 0 Å². The second kappa shape index (κ2) is 11.5. The molecule has 0 saturated carbocycles. The summed E-state index contributed by atoms with van der Waals surface area (Å²) in [5.41, 5.74) is 2.03. The van der Waals surface area contributed by atoms with Crippen molar-refractivity contribution in [2.75, 3.05) is 11.9 Å². The van der Waals surface area contributed by atoms with E-state index in [0.29, 0.717) is 23.6 Å². The molecular formula is C25H17FI2N2O4S. The van der Waals surface area contributed by atoms with Crippen LogP contribution in [0.15, 0.2) is 71.6 Å². The Balaban J connectivity index is 1.51. The Morgan fingerprint density at radius 2 is 1.77 bits per heavy atom. The van der Waals surface area contributed by atoms with Gasteiger partial charge in [0.05, 0.1) is 8.48 Å². The van der Waals surface area contributed by atoms with Crippen LogP contribution in [-0.2, 0) is 16.2 Å². The van der Waals surface area contributed by atoms with Gasteiger partial charge in [-0.3, -0.25) is 19.3 Å². The standard InChI is InChI=1S/C25H17FI2N2O4S/c26-17-6-8-19(9-7-17)29-22(31)13-30-24(32)21(35-25(30)33)11-16-10-18(27)12-20(28)23(16)34-14-15-4-2-1-3-5-15/h1-12H,13-14H2,(H,29,31)/b21-11+. The van der Waals surface area contributed by atoms with Crippen LogP contribution in [0.1, 0.15) is 11.1 Å². The van der Waals surface area contributed by atoms with E-state index in [4.69, 9.17) is 4.74 Å². The topological polar surface area (TPSA) is 75.7 Å². The fourth-order valence-electron chi connectivity index (χ4n) is 3.22. The third-order valence-corrected chi connectivity index (χ3v) is 7.18. The van der Waals surface area contributed by atoms with Gasteiger partial charge in [0, 0.05) is 14.8 Å². The predicted octanol–water partition coefficient (Wildman–Crippen LogP) is 6.29. The molecule has 1 fully saturated rings. The Labute approximate surface area is 232 Å². The molecule has 0 aliphatic carbocycles. The molecule has 0 atom stereocenters. The van der Waals surface area contributed by atoms with E-state index in [1.807, 2.05) is 42.5 Å². The molecule has 0 bridgehead atoms. The Morgan fingerprint density at radius 3 is 2.49 bits per heavy atom. The van der Waals surface area contributed by atoms with Crippen LogP contribution < -0.4 is 10.1 Å². The predicted molar refractivity (Wildman–Crippen MR) is 150 cm³/mol. The van der Waals surface area contributed by atoms with Gasteiger partial charge in [0.25, 0.3) is 11.1 Å². The highest BCUT2D eigenvalue weighted by atomic mass is 127. The fourth-order valence-corrected chi connectivity index (χ4v) is 6.10. The third kappa shape index (κ3) is 6.61. The lowest BCUT2D eigenvalue weighted by Gasteiger charge is -2.13. The van der Waals surface area contributed by atoms with Crippen LogP contribution in [-0.4, -0.2) is 28.5 Å². The van der Waals surface area contributed by atoms with E-state index < -0.39 is 29.4 Å². The molecule has 3 aromatic carbocycles. The van der Waals surface area contributed by atoms with Crippen molar-refractivity contribution in [3.05, 3.63) is 95.7 Å². The summed E-state index contributed by atoms with van der Waals surface area (Å²) < 4.78 is 21.0. The molecule has 3 amide bonds. The van der Waals surface area contributed by atoms with E-state index in [1.165, 1.54) is 24.3 Å². The third-order valence-electron chi connectivity index (χ3n) is 4.85. The Bertz CT molecular complexity index is 1320. The van der Waals surface area contributed by atoms with Gasteiger partial charge in [0.1, 0.15) is 24.7 Å². The monoisotopic (exact) mass is 714 g/mol. The summed E-state index contributed by atoms with van der Waals surface area (Å²) >= 11 is 5.13. The number of nitrogens with zero attached hydrogens (tertiary/aromatic N) is 1. The summed E-state index contributed by atoms with van der Waals surface area (Å²) in [6.07, 6.45) is 1.62. The van der Waals surface area contributed by atoms with Crippen LogP contribution in [0, 0.1) is 13.0 Å². The van der Waals surface area contributed by atoms with Crippen LogP contribution in [0.3, 0.4) is 0 Å². The van der Waals surface area contributed by atoms with E-state index in [1.54, 1.807) is 6.08 Å². The van der Waals surface area contributed by atoms with Crippen molar-refractivity contribution in [3.8, 4) is 5.75 Å². The average molecular weight is 714 g/mol. The summed E-state index contributed by atoms with van der Waals surface area (Å²) in [7, 11) is 0. The first-order valence-corrected chi connectivity index (χ1v) is 13.2. The van der Waals surface area contributed by atoms with Gasteiger partial charge in [-0.15, -0.1) is 0 Å². The molecule has 0 radical (unpaired) electrons. The minimum Gasteiger partial charge on any atom is -0.487 e. The zero-order valence-electron chi connectivity index (χ0n) is 18.0. The number of thioether (sulfide) groups is 1. The highest BCUT2D eigenvalue weighted by Crippen LogP contribution is 2.36. The SMILES string of the molecule is O=C(CN1C(=O)S/C(=C/c2cc(I)cc(I)c2OCc2ccccc2)C1=O)Nc1ccc(F)cc1. The summed E-state index contributed by atoms with van der Waals surface area (Å²) in [6.45, 7) is -0.0933. The number of hydrogen-bond acceptors (Lipinski definition) is 5. The van der Waals surface area contributed by atoms with E-state index in [2.05, 4.69) is 50.5 Å². The maximum absolute atomic E-state index is 13.1. The van der Waals surface area contributed by atoms with Crippen LogP contribution >= 0.6 is 56.9 Å². The number of ether oxygens (including phenoxy) is 1. The minimum atomic E-state index is -0.559. The quantitative estimate of drug-likeness (QED) is 0.230. The normalized spacial score (nSPS) is 14.5. The molecule has 10 heteroatoms. The Hall–Kier alpha value is -2.45. The van der Waals surface area contributed by atoms with E-state index in [9.17, 15) is 18.8 Å². The number of hydrogen-bond donors (Lipinski definition) is 1. The number of nitrogens with one attached hydrogen (secondary N) is 1. The molecule has 1 aliphatic rings. The molecule has 1 N–H and O–H groups in total. The molecule has 0 aromatic heterocycles. The fraction of sp³-hybridized carbons (Fsp3) is 0.0800. The molecule has 6 nitrogen and oxygen atoms in total. The second-order valence-electron chi connectivity index (χ2n) is 7.40. The first kappa shape index (κ1) is 25.6. The molecule has 0 spiro atoms. The van der Waals surface area contributed by atoms with Crippen molar-refractivity contribution >= 4 is 85.8 Å². The Kier molecular flexibility index (Phi) is 8.44. The van der Waals surface area contributed by atoms with Crippen molar-refractivity contribution in [2.24, 2.45) is 0 Å². The largest absolute Gasteiger partial charge is 0.487 e. The summed E-state index contributed by atoms with van der Waals surface area (Å²) in [5, 5.41) is 2.02. The lowest BCUT2D eigenvalue weighted by molar-refractivity contribution is -0.127. The molecule has 3 aromatic rings. The highest BCUT2D eigenvalue weighted by molar-refractivity contribution is 14.1. The molecule has 178 valence electrons. The van der Waals surface area contributed by atoms with Gasteiger partial charge in [-0.05, 0) is 105 Å². The smallest absolute Gasteiger partial charge is 0.294 e. The van der Waals surface area contributed by atoms with E-state index in [-0.39, 0.29) is 4.91 Å². The van der Waals surface area contributed by atoms with E-state index >= 15 is 0 Å². The van der Waals surface area contributed by atoms with Crippen LogP contribution in [0.25, 0.3) is 6.08 Å². The van der Waals surface area contributed by atoms with Gasteiger partial charge in [0.2, 0.25) is 5.91 Å².